The van der Waals surface area contributed by atoms with Gasteiger partial charge < -0.3 is 15.7 Å². The average Bonchev–Trinajstić information content (AvgIpc) is 2.43. The number of fused-ring (bicyclic) bond motifs is 1. The maximum Gasteiger partial charge on any atom is 0.323 e. The van der Waals surface area contributed by atoms with Crippen molar-refractivity contribution in [1.29, 1.82) is 0 Å². The number of nitrogens with zero attached hydrogens (tertiary/aromatic N) is 1. The Morgan fingerprint density at radius 3 is 2.86 bits per heavy atom. The number of benzene rings is 1. The van der Waals surface area contributed by atoms with Crippen LogP contribution in [0.25, 0.3) is 0 Å². The SMILES string of the molecule is CC1Cc2ccccc2N(CCCCC(C)(N)C(=O)O)C1. The first-order valence-corrected chi connectivity index (χ1v) is 7.75. The van der Waals surface area contributed by atoms with Crippen molar-refractivity contribution < 1.29 is 9.90 Å². The van der Waals surface area contributed by atoms with Gasteiger partial charge in [0.05, 0.1) is 0 Å². The van der Waals surface area contributed by atoms with Crippen LogP contribution in [0.5, 0.6) is 0 Å². The van der Waals surface area contributed by atoms with Gasteiger partial charge in [0.25, 0.3) is 0 Å². The first kappa shape index (κ1) is 15.8. The lowest BCUT2D eigenvalue weighted by Gasteiger charge is -2.35. The van der Waals surface area contributed by atoms with Crippen LogP contribution in [-0.4, -0.2) is 29.7 Å². The van der Waals surface area contributed by atoms with E-state index in [4.69, 9.17) is 10.8 Å². The van der Waals surface area contributed by atoms with Gasteiger partial charge in [0.2, 0.25) is 0 Å². The van der Waals surface area contributed by atoms with Crippen LogP contribution in [0.15, 0.2) is 24.3 Å². The number of carbonyl (C=O) groups is 1. The Kier molecular flexibility index (Phi) is 4.88. The van der Waals surface area contributed by atoms with Crippen LogP contribution in [0.2, 0.25) is 0 Å². The monoisotopic (exact) mass is 290 g/mol. The highest BCUT2D eigenvalue weighted by Crippen LogP contribution is 2.29. The summed E-state index contributed by atoms with van der Waals surface area (Å²) in [5.74, 6) is -0.252. The molecule has 4 heteroatoms. The highest BCUT2D eigenvalue weighted by molar-refractivity contribution is 5.77. The minimum atomic E-state index is -1.10. The van der Waals surface area contributed by atoms with Gasteiger partial charge in [-0.1, -0.05) is 25.1 Å². The summed E-state index contributed by atoms with van der Waals surface area (Å²) in [5, 5.41) is 9.02. The van der Waals surface area contributed by atoms with Gasteiger partial charge in [-0.25, -0.2) is 0 Å². The van der Waals surface area contributed by atoms with Gasteiger partial charge in [-0.3, -0.25) is 4.79 Å². The molecule has 0 aromatic heterocycles. The standard InChI is InChI=1S/C17H26N2O2/c1-13-11-14-7-3-4-8-15(14)19(12-13)10-6-5-9-17(2,18)16(20)21/h3-4,7-8,13H,5-6,9-12,18H2,1-2H3,(H,20,21). The molecule has 2 unspecified atom stereocenters. The minimum Gasteiger partial charge on any atom is -0.480 e. The Labute approximate surface area is 126 Å². The van der Waals surface area contributed by atoms with Crippen LogP contribution in [0, 0.1) is 5.92 Å². The molecule has 1 aromatic carbocycles. The van der Waals surface area contributed by atoms with Crippen LogP contribution in [-0.2, 0) is 11.2 Å². The zero-order chi connectivity index (χ0) is 15.5. The van der Waals surface area contributed by atoms with Crippen LogP contribution in [0.4, 0.5) is 5.69 Å². The van der Waals surface area contributed by atoms with E-state index >= 15 is 0 Å². The molecule has 1 aliphatic rings. The summed E-state index contributed by atoms with van der Waals surface area (Å²) in [6, 6.07) is 8.58. The zero-order valence-electron chi connectivity index (χ0n) is 13.0. The van der Waals surface area contributed by atoms with Gasteiger partial charge in [0, 0.05) is 18.8 Å². The number of para-hydroxylation sites is 1. The van der Waals surface area contributed by atoms with E-state index in [1.54, 1.807) is 6.92 Å². The fourth-order valence-corrected chi connectivity index (χ4v) is 3.02. The Morgan fingerprint density at radius 1 is 1.43 bits per heavy atom. The summed E-state index contributed by atoms with van der Waals surface area (Å²) in [4.78, 5) is 13.4. The molecule has 0 bridgehead atoms. The molecule has 0 fully saturated rings. The topological polar surface area (TPSA) is 66.6 Å². The van der Waals surface area contributed by atoms with Crippen molar-refractivity contribution in [3.05, 3.63) is 29.8 Å². The van der Waals surface area contributed by atoms with Crippen LogP contribution in [0.3, 0.4) is 0 Å². The van der Waals surface area contributed by atoms with Crippen LogP contribution < -0.4 is 10.6 Å². The van der Waals surface area contributed by atoms with Crippen LogP contribution in [0.1, 0.15) is 38.7 Å². The lowest BCUT2D eigenvalue weighted by molar-refractivity contribution is -0.142. The van der Waals surface area contributed by atoms with Crippen molar-refractivity contribution in [3.8, 4) is 0 Å². The number of hydrogen-bond acceptors (Lipinski definition) is 3. The van der Waals surface area contributed by atoms with Crippen molar-refractivity contribution in [2.75, 3.05) is 18.0 Å². The summed E-state index contributed by atoms with van der Waals surface area (Å²) >= 11 is 0. The number of nitrogens with two attached hydrogens (primary N) is 1. The second-order valence-electron chi connectivity index (χ2n) is 6.56. The molecule has 4 nitrogen and oxygen atoms in total. The van der Waals surface area contributed by atoms with E-state index in [2.05, 4.69) is 36.1 Å². The third-order valence-electron chi connectivity index (χ3n) is 4.30. The predicted octanol–water partition coefficient (Wildman–Crippen LogP) is 2.66. The number of aliphatic carboxylic acids is 1. The molecule has 0 aliphatic carbocycles. The summed E-state index contributed by atoms with van der Waals surface area (Å²) in [5.41, 5.74) is 7.42. The Hall–Kier alpha value is -1.55. The largest absolute Gasteiger partial charge is 0.480 e. The quantitative estimate of drug-likeness (QED) is 0.790. The molecular weight excluding hydrogens is 264 g/mol. The van der Waals surface area contributed by atoms with E-state index in [0.29, 0.717) is 12.3 Å². The Balaban J connectivity index is 1.88. The summed E-state index contributed by atoms with van der Waals surface area (Å²) in [6.07, 6.45) is 3.48. The first-order valence-electron chi connectivity index (χ1n) is 7.75. The van der Waals surface area contributed by atoms with Gasteiger partial charge in [-0.05, 0) is 50.2 Å². The highest BCUT2D eigenvalue weighted by Gasteiger charge is 2.27. The average molecular weight is 290 g/mol. The maximum absolute atomic E-state index is 11.0. The lowest BCUT2D eigenvalue weighted by atomic mass is 9.93. The highest BCUT2D eigenvalue weighted by atomic mass is 16.4. The van der Waals surface area contributed by atoms with E-state index in [-0.39, 0.29) is 0 Å². The molecule has 1 aromatic rings. The maximum atomic E-state index is 11.0. The molecule has 116 valence electrons. The molecule has 21 heavy (non-hydrogen) atoms. The fraction of sp³-hybridized carbons (Fsp3) is 0.588. The van der Waals surface area contributed by atoms with E-state index in [1.807, 2.05) is 0 Å². The molecule has 1 heterocycles. The van der Waals surface area contributed by atoms with Crippen molar-refractivity contribution >= 4 is 11.7 Å². The molecular formula is C17H26N2O2. The normalized spacial score (nSPS) is 20.7. The molecule has 0 saturated carbocycles. The molecule has 1 aliphatic heterocycles. The first-order chi connectivity index (χ1) is 9.90. The van der Waals surface area contributed by atoms with Gasteiger partial charge in [-0.15, -0.1) is 0 Å². The number of anilines is 1. The van der Waals surface area contributed by atoms with Gasteiger partial charge in [0.15, 0.2) is 0 Å². The number of rotatable bonds is 6. The molecule has 0 spiro atoms. The van der Waals surface area contributed by atoms with E-state index in [9.17, 15) is 4.79 Å². The molecule has 0 saturated heterocycles. The second kappa shape index (κ2) is 6.48. The van der Waals surface area contributed by atoms with Gasteiger partial charge in [-0.2, -0.15) is 0 Å². The van der Waals surface area contributed by atoms with Crippen molar-refractivity contribution in [2.24, 2.45) is 11.7 Å². The van der Waals surface area contributed by atoms with Crippen LogP contribution >= 0.6 is 0 Å². The van der Waals surface area contributed by atoms with Gasteiger partial charge >= 0.3 is 5.97 Å². The third-order valence-corrected chi connectivity index (χ3v) is 4.30. The molecule has 2 atom stereocenters. The Bertz CT molecular complexity index is 499. The number of carboxylic acids is 1. The summed E-state index contributed by atoms with van der Waals surface area (Å²) in [7, 11) is 0. The molecule has 2 rings (SSSR count). The van der Waals surface area contributed by atoms with Gasteiger partial charge in [0.1, 0.15) is 5.54 Å². The number of unbranched alkanes of at least 4 members (excludes halogenated alkanes) is 1. The van der Waals surface area contributed by atoms with Crippen molar-refractivity contribution in [1.82, 2.24) is 0 Å². The molecule has 0 amide bonds. The number of hydrogen-bond donors (Lipinski definition) is 2. The fourth-order valence-electron chi connectivity index (χ4n) is 3.02. The molecule has 3 N–H and O–H groups in total. The molecule has 0 radical (unpaired) electrons. The van der Waals surface area contributed by atoms with Crippen molar-refractivity contribution in [3.63, 3.8) is 0 Å². The van der Waals surface area contributed by atoms with E-state index in [1.165, 1.54) is 11.3 Å². The zero-order valence-corrected chi connectivity index (χ0v) is 13.0. The van der Waals surface area contributed by atoms with Crippen molar-refractivity contribution in [2.45, 2.75) is 45.1 Å². The van der Waals surface area contributed by atoms with E-state index in [0.717, 1.165) is 32.4 Å². The summed E-state index contributed by atoms with van der Waals surface area (Å²) in [6.45, 7) is 5.92. The predicted molar refractivity (Wildman–Crippen MR) is 85.6 cm³/mol. The Morgan fingerprint density at radius 2 is 2.14 bits per heavy atom. The smallest absolute Gasteiger partial charge is 0.323 e. The third kappa shape index (κ3) is 3.97. The second-order valence-corrected chi connectivity index (χ2v) is 6.56. The number of carboxylic acid groups (broad SMARTS) is 1. The minimum absolute atomic E-state index is 0.521. The van der Waals surface area contributed by atoms with E-state index < -0.39 is 11.5 Å². The lowest BCUT2D eigenvalue weighted by Crippen LogP contribution is -2.44. The summed E-state index contributed by atoms with van der Waals surface area (Å²) < 4.78 is 0.